The van der Waals surface area contributed by atoms with Gasteiger partial charge in [-0.3, -0.25) is 4.68 Å². The molecule has 0 saturated carbocycles. The molecule has 0 atom stereocenters. The van der Waals surface area contributed by atoms with Gasteiger partial charge >= 0.3 is 0 Å². The Morgan fingerprint density at radius 3 is 2.88 bits per heavy atom. The van der Waals surface area contributed by atoms with E-state index in [1.54, 1.807) is 22.6 Å². The molecule has 7 heteroatoms. The molecule has 0 saturated heterocycles. The molecule has 88 valence electrons. The first-order chi connectivity index (χ1) is 8.11. The quantitative estimate of drug-likeness (QED) is 0.804. The number of phenols is 1. The molecule has 5 nitrogen and oxygen atoms in total. The Bertz CT molecular complexity index is 633. The van der Waals surface area contributed by atoms with Gasteiger partial charge in [0.2, 0.25) is 0 Å². The van der Waals surface area contributed by atoms with Gasteiger partial charge in [0.1, 0.15) is 11.6 Å². The van der Waals surface area contributed by atoms with Crippen molar-refractivity contribution in [1.82, 2.24) is 9.78 Å². The van der Waals surface area contributed by atoms with E-state index in [0.29, 0.717) is 5.39 Å². The Hall–Kier alpha value is -1.40. The van der Waals surface area contributed by atoms with Gasteiger partial charge in [-0.2, -0.15) is 10.4 Å². The topological polar surface area (TPSA) is 82.1 Å². The third-order valence-corrected chi connectivity index (χ3v) is 3.39. The molecule has 1 aromatic heterocycles. The zero-order chi connectivity index (χ0) is 12.6. The molecular formula is C10H7FIN3O2. The SMILES string of the molecule is N#Cc1c(I)c(F)c(O)c2c1cnn2CCO. The van der Waals surface area contributed by atoms with Crippen molar-refractivity contribution in [3.05, 3.63) is 21.1 Å². The van der Waals surface area contributed by atoms with E-state index in [0.717, 1.165) is 0 Å². The number of rotatable bonds is 2. The number of halogens is 2. The Balaban J connectivity index is 2.89. The number of benzene rings is 1. The van der Waals surface area contributed by atoms with Gasteiger partial charge in [0, 0.05) is 5.39 Å². The van der Waals surface area contributed by atoms with Gasteiger partial charge in [0.05, 0.1) is 28.5 Å². The summed E-state index contributed by atoms with van der Waals surface area (Å²) in [7, 11) is 0. The van der Waals surface area contributed by atoms with E-state index < -0.39 is 11.6 Å². The molecule has 0 aliphatic rings. The maximum atomic E-state index is 13.7. The summed E-state index contributed by atoms with van der Waals surface area (Å²) < 4.78 is 15.0. The van der Waals surface area contributed by atoms with E-state index in [1.165, 1.54) is 10.9 Å². The number of aromatic hydroxyl groups is 1. The first kappa shape index (κ1) is 12.1. The molecular weight excluding hydrogens is 340 g/mol. The van der Waals surface area contributed by atoms with Crippen LogP contribution in [0.4, 0.5) is 4.39 Å². The van der Waals surface area contributed by atoms with Crippen LogP contribution >= 0.6 is 22.6 Å². The lowest BCUT2D eigenvalue weighted by Gasteiger charge is -2.06. The van der Waals surface area contributed by atoms with Crippen LogP contribution in [0.1, 0.15) is 5.56 Å². The summed E-state index contributed by atoms with van der Waals surface area (Å²) in [6.07, 6.45) is 1.38. The van der Waals surface area contributed by atoms with E-state index in [4.69, 9.17) is 10.4 Å². The molecule has 2 aromatic rings. The minimum atomic E-state index is -0.839. The van der Waals surface area contributed by atoms with Gasteiger partial charge < -0.3 is 10.2 Å². The number of fused-ring (bicyclic) bond motifs is 1. The second kappa shape index (κ2) is 4.46. The molecule has 0 fully saturated rings. The summed E-state index contributed by atoms with van der Waals surface area (Å²) in [6.45, 7) is -0.0618. The van der Waals surface area contributed by atoms with Gasteiger partial charge in [-0.1, -0.05) is 0 Å². The van der Waals surface area contributed by atoms with Crippen LogP contribution in [-0.2, 0) is 6.54 Å². The minimum Gasteiger partial charge on any atom is -0.503 e. The standard InChI is InChI=1S/C10H7FIN3O2/c11-7-8(12)5(3-13)6-4-14-15(1-2-16)9(6)10(7)17/h4,16-17H,1-2H2. The van der Waals surface area contributed by atoms with Crippen molar-refractivity contribution in [3.8, 4) is 11.8 Å². The van der Waals surface area contributed by atoms with Gasteiger partial charge in [-0.05, 0) is 22.6 Å². The first-order valence-corrected chi connectivity index (χ1v) is 5.76. The normalized spacial score (nSPS) is 10.7. The highest BCUT2D eigenvalue weighted by molar-refractivity contribution is 14.1. The summed E-state index contributed by atoms with van der Waals surface area (Å²) >= 11 is 1.67. The monoisotopic (exact) mass is 347 g/mol. The van der Waals surface area contributed by atoms with Crippen molar-refractivity contribution >= 4 is 33.5 Å². The van der Waals surface area contributed by atoms with Crippen molar-refractivity contribution in [2.75, 3.05) is 6.61 Å². The lowest BCUT2D eigenvalue weighted by atomic mass is 10.1. The smallest absolute Gasteiger partial charge is 0.181 e. The second-order valence-corrected chi connectivity index (χ2v) is 4.40. The number of nitrogens with zero attached hydrogens (tertiary/aromatic N) is 3. The number of phenolic OH excluding ortho intramolecular Hbond substituents is 1. The van der Waals surface area contributed by atoms with E-state index in [2.05, 4.69) is 5.10 Å². The molecule has 0 aliphatic carbocycles. The van der Waals surface area contributed by atoms with Crippen molar-refractivity contribution in [1.29, 1.82) is 5.26 Å². The largest absolute Gasteiger partial charge is 0.503 e. The van der Waals surface area contributed by atoms with E-state index in [9.17, 15) is 9.50 Å². The van der Waals surface area contributed by atoms with Crippen LogP contribution in [0, 0.1) is 20.7 Å². The lowest BCUT2D eigenvalue weighted by molar-refractivity contribution is 0.271. The number of aliphatic hydroxyl groups excluding tert-OH is 1. The van der Waals surface area contributed by atoms with Gasteiger partial charge in [-0.25, -0.2) is 4.39 Å². The second-order valence-electron chi connectivity index (χ2n) is 3.32. The van der Waals surface area contributed by atoms with Crippen molar-refractivity contribution in [2.24, 2.45) is 0 Å². The van der Waals surface area contributed by atoms with Gasteiger partial charge in [0.15, 0.2) is 11.6 Å². The summed E-state index contributed by atoms with van der Waals surface area (Å²) in [5, 5.41) is 31.8. The third-order valence-electron chi connectivity index (χ3n) is 2.38. The molecule has 0 bridgehead atoms. The molecule has 1 heterocycles. The average molecular weight is 347 g/mol. The molecule has 0 radical (unpaired) electrons. The Morgan fingerprint density at radius 2 is 2.29 bits per heavy atom. The zero-order valence-electron chi connectivity index (χ0n) is 8.48. The fourth-order valence-electron chi connectivity index (χ4n) is 1.63. The van der Waals surface area contributed by atoms with Crippen LogP contribution in [0.3, 0.4) is 0 Å². The van der Waals surface area contributed by atoms with E-state index in [1.807, 2.05) is 6.07 Å². The summed E-state index contributed by atoms with van der Waals surface area (Å²) in [6, 6.07) is 1.89. The Morgan fingerprint density at radius 1 is 1.59 bits per heavy atom. The zero-order valence-corrected chi connectivity index (χ0v) is 10.6. The predicted octanol–water partition coefficient (Wildman–Crippen LogP) is 1.35. The van der Waals surface area contributed by atoms with E-state index in [-0.39, 0.29) is 27.8 Å². The van der Waals surface area contributed by atoms with Crippen molar-refractivity contribution in [2.45, 2.75) is 6.54 Å². The number of aromatic nitrogens is 2. The highest BCUT2D eigenvalue weighted by Gasteiger charge is 2.20. The molecule has 0 spiro atoms. The minimum absolute atomic E-state index is 0.0682. The number of aliphatic hydroxyl groups is 1. The molecule has 0 aliphatic heterocycles. The average Bonchev–Trinajstić information content (AvgIpc) is 2.71. The number of nitriles is 1. The van der Waals surface area contributed by atoms with Gasteiger partial charge in [0.25, 0.3) is 0 Å². The molecule has 17 heavy (non-hydrogen) atoms. The molecule has 2 rings (SSSR count). The first-order valence-electron chi connectivity index (χ1n) is 4.68. The van der Waals surface area contributed by atoms with Crippen molar-refractivity contribution in [3.63, 3.8) is 0 Å². The van der Waals surface area contributed by atoms with Crippen LogP contribution in [0.25, 0.3) is 10.9 Å². The summed E-state index contributed by atoms with van der Waals surface area (Å²) in [4.78, 5) is 0. The number of hydrogen-bond donors (Lipinski definition) is 2. The highest BCUT2D eigenvalue weighted by Crippen LogP contribution is 2.34. The molecule has 2 N–H and O–H groups in total. The van der Waals surface area contributed by atoms with E-state index >= 15 is 0 Å². The third kappa shape index (κ3) is 1.73. The maximum Gasteiger partial charge on any atom is 0.181 e. The van der Waals surface area contributed by atoms with Crippen molar-refractivity contribution < 1.29 is 14.6 Å². The molecule has 0 unspecified atom stereocenters. The maximum absolute atomic E-state index is 13.7. The Labute approximate surface area is 109 Å². The molecule has 0 amide bonds. The summed E-state index contributed by atoms with van der Waals surface area (Å²) in [5.74, 6) is -1.39. The highest BCUT2D eigenvalue weighted by atomic mass is 127. The lowest BCUT2D eigenvalue weighted by Crippen LogP contribution is -2.04. The number of hydrogen-bond acceptors (Lipinski definition) is 4. The van der Waals surface area contributed by atoms with Crippen LogP contribution in [0.2, 0.25) is 0 Å². The van der Waals surface area contributed by atoms with Crippen LogP contribution in [-0.4, -0.2) is 26.6 Å². The van der Waals surface area contributed by atoms with Crippen LogP contribution < -0.4 is 0 Å². The van der Waals surface area contributed by atoms with Crippen LogP contribution in [0.15, 0.2) is 6.20 Å². The fourth-order valence-corrected chi connectivity index (χ4v) is 2.29. The fraction of sp³-hybridized carbons (Fsp3) is 0.200. The Kier molecular flexibility index (Phi) is 3.17. The molecule has 1 aromatic carbocycles. The predicted molar refractivity (Wildman–Crippen MR) is 65.9 cm³/mol. The summed E-state index contributed by atoms with van der Waals surface area (Å²) in [5.41, 5.74) is 0.272. The van der Waals surface area contributed by atoms with Crippen LogP contribution in [0.5, 0.6) is 5.75 Å². The van der Waals surface area contributed by atoms with Gasteiger partial charge in [-0.15, -0.1) is 0 Å².